The van der Waals surface area contributed by atoms with Crippen molar-refractivity contribution in [2.24, 2.45) is 0 Å². The molecule has 0 bridgehead atoms. The highest BCUT2D eigenvalue weighted by Crippen LogP contribution is 2.23. The summed E-state index contributed by atoms with van der Waals surface area (Å²) in [7, 11) is 1.58. The quantitative estimate of drug-likeness (QED) is 0.649. The normalized spacial score (nSPS) is 11.3. The van der Waals surface area contributed by atoms with Crippen LogP contribution in [0.25, 0.3) is 0 Å². The van der Waals surface area contributed by atoms with Crippen molar-refractivity contribution in [1.82, 2.24) is 0 Å². The zero-order chi connectivity index (χ0) is 19.1. The number of amides is 1. The van der Waals surface area contributed by atoms with Crippen LogP contribution >= 0.6 is 0 Å². The average Bonchev–Trinajstić information content (AvgIpc) is 2.70. The molecule has 1 atom stereocenters. The van der Waals surface area contributed by atoms with Crippen LogP contribution in [0.15, 0.2) is 78.9 Å². The first-order valence-electron chi connectivity index (χ1n) is 8.58. The van der Waals surface area contributed by atoms with E-state index < -0.39 is 6.10 Å². The molecule has 3 aromatic rings. The smallest absolute Gasteiger partial charge is 0.265 e. The second kappa shape index (κ2) is 8.76. The molecule has 0 saturated heterocycles. The van der Waals surface area contributed by atoms with E-state index in [9.17, 15) is 4.79 Å². The number of hydrogen-bond acceptors (Lipinski definition) is 4. The third-order valence-electron chi connectivity index (χ3n) is 3.82. The molecule has 3 aromatic carbocycles. The number of nitrogens with one attached hydrogen (secondary N) is 1. The van der Waals surface area contributed by atoms with E-state index in [4.69, 9.17) is 14.2 Å². The van der Waals surface area contributed by atoms with Gasteiger partial charge < -0.3 is 19.5 Å². The van der Waals surface area contributed by atoms with Crippen molar-refractivity contribution in [2.45, 2.75) is 13.0 Å². The molecule has 0 aliphatic rings. The summed E-state index contributed by atoms with van der Waals surface area (Å²) in [6, 6.07) is 23.8. The molecule has 0 saturated carbocycles. The maximum Gasteiger partial charge on any atom is 0.265 e. The summed E-state index contributed by atoms with van der Waals surface area (Å²) in [5.74, 6) is 2.46. The number of benzene rings is 3. The lowest BCUT2D eigenvalue weighted by atomic mass is 10.2. The van der Waals surface area contributed by atoms with Crippen LogP contribution in [0.4, 0.5) is 5.69 Å². The maximum atomic E-state index is 12.3. The van der Waals surface area contributed by atoms with E-state index in [2.05, 4.69) is 5.32 Å². The second-order valence-corrected chi connectivity index (χ2v) is 5.87. The highest BCUT2D eigenvalue weighted by molar-refractivity contribution is 5.94. The van der Waals surface area contributed by atoms with Crippen LogP contribution in [-0.4, -0.2) is 19.1 Å². The molecule has 0 spiro atoms. The first-order chi connectivity index (χ1) is 13.1. The second-order valence-electron chi connectivity index (χ2n) is 5.87. The van der Waals surface area contributed by atoms with Crippen molar-refractivity contribution < 1.29 is 19.0 Å². The number of ether oxygens (including phenoxy) is 3. The molecule has 0 aliphatic heterocycles. The molecule has 5 heteroatoms. The van der Waals surface area contributed by atoms with Crippen molar-refractivity contribution >= 4 is 11.6 Å². The van der Waals surface area contributed by atoms with Gasteiger partial charge in [-0.2, -0.15) is 0 Å². The average molecular weight is 363 g/mol. The fraction of sp³-hybridized carbons (Fsp3) is 0.136. The molecule has 138 valence electrons. The summed E-state index contributed by atoms with van der Waals surface area (Å²) < 4.78 is 16.6. The summed E-state index contributed by atoms with van der Waals surface area (Å²) in [6.45, 7) is 1.70. The minimum atomic E-state index is -0.655. The first-order valence-corrected chi connectivity index (χ1v) is 8.58. The fourth-order valence-corrected chi connectivity index (χ4v) is 2.41. The van der Waals surface area contributed by atoms with Gasteiger partial charge in [0.1, 0.15) is 23.0 Å². The third kappa shape index (κ3) is 5.25. The highest BCUT2D eigenvalue weighted by Gasteiger charge is 2.15. The molecule has 3 rings (SSSR count). The number of rotatable bonds is 7. The van der Waals surface area contributed by atoms with Gasteiger partial charge in [0.05, 0.1) is 7.11 Å². The molecule has 0 radical (unpaired) electrons. The molecule has 0 aliphatic carbocycles. The van der Waals surface area contributed by atoms with Crippen LogP contribution in [0.3, 0.4) is 0 Å². The number of anilines is 1. The summed E-state index contributed by atoms with van der Waals surface area (Å²) in [5.41, 5.74) is 0.668. The Morgan fingerprint density at radius 3 is 2.15 bits per heavy atom. The molecule has 5 nitrogen and oxygen atoms in total. The van der Waals surface area contributed by atoms with E-state index >= 15 is 0 Å². The van der Waals surface area contributed by atoms with E-state index in [1.807, 2.05) is 42.5 Å². The Bertz CT molecular complexity index is 878. The van der Waals surface area contributed by atoms with Gasteiger partial charge in [-0.1, -0.05) is 24.3 Å². The predicted molar refractivity (Wildman–Crippen MR) is 105 cm³/mol. The van der Waals surface area contributed by atoms with Gasteiger partial charge in [0.25, 0.3) is 5.91 Å². The third-order valence-corrected chi connectivity index (χ3v) is 3.82. The molecule has 27 heavy (non-hydrogen) atoms. The van der Waals surface area contributed by atoms with Gasteiger partial charge in [-0.3, -0.25) is 4.79 Å². The van der Waals surface area contributed by atoms with Crippen molar-refractivity contribution in [3.05, 3.63) is 78.9 Å². The summed E-state index contributed by atoms with van der Waals surface area (Å²) >= 11 is 0. The molecular weight excluding hydrogens is 342 g/mol. The SMILES string of the molecule is COc1cccc(OC(C)C(=O)Nc2ccc(Oc3ccccc3)cc2)c1. The van der Waals surface area contributed by atoms with Gasteiger partial charge in [-0.05, 0) is 55.5 Å². The largest absolute Gasteiger partial charge is 0.497 e. The Hall–Kier alpha value is -3.47. The zero-order valence-electron chi connectivity index (χ0n) is 15.2. The number of hydrogen-bond donors (Lipinski definition) is 1. The lowest BCUT2D eigenvalue weighted by Crippen LogP contribution is -2.30. The standard InChI is InChI=1S/C22H21NO4/c1-16(26-21-10-6-9-20(15-21)25-2)22(24)23-17-11-13-19(14-12-17)27-18-7-4-3-5-8-18/h3-16H,1-2H3,(H,23,24). The molecule has 1 N–H and O–H groups in total. The van der Waals surface area contributed by atoms with Crippen LogP contribution in [0.2, 0.25) is 0 Å². The predicted octanol–water partition coefficient (Wildman–Crippen LogP) is 4.89. The number of methoxy groups -OCH3 is 1. The van der Waals surface area contributed by atoms with Gasteiger partial charge in [0.15, 0.2) is 6.10 Å². The van der Waals surface area contributed by atoms with Gasteiger partial charge in [-0.25, -0.2) is 0 Å². The molecule has 0 heterocycles. The van der Waals surface area contributed by atoms with Crippen molar-refractivity contribution in [3.63, 3.8) is 0 Å². The van der Waals surface area contributed by atoms with E-state index in [0.717, 1.165) is 5.75 Å². The Kier molecular flexibility index (Phi) is 5.94. The van der Waals surface area contributed by atoms with E-state index in [1.54, 1.807) is 50.4 Å². The van der Waals surface area contributed by atoms with Gasteiger partial charge in [0, 0.05) is 11.8 Å². The van der Waals surface area contributed by atoms with Crippen LogP contribution in [-0.2, 0) is 4.79 Å². The number of carbonyl (C=O) groups excluding carboxylic acids is 1. The van der Waals surface area contributed by atoms with Crippen LogP contribution < -0.4 is 19.5 Å². The molecule has 0 fully saturated rings. The monoisotopic (exact) mass is 363 g/mol. The highest BCUT2D eigenvalue weighted by atomic mass is 16.5. The summed E-state index contributed by atoms with van der Waals surface area (Å²) in [5, 5.41) is 2.83. The Balaban J connectivity index is 1.56. The summed E-state index contributed by atoms with van der Waals surface area (Å²) in [4.78, 5) is 12.3. The van der Waals surface area contributed by atoms with Crippen LogP contribution in [0.1, 0.15) is 6.92 Å². The minimum Gasteiger partial charge on any atom is -0.497 e. The van der Waals surface area contributed by atoms with Crippen molar-refractivity contribution in [3.8, 4) is 23.0 Å². The first kappa shape index (κ1) is 18.3. The molecule has 1 amide bonds. The number of carbonyl (C=O) groups is 1. The van der Waals surface area contributed by atoms with Crippen molar-refractivity contribution in [1.29, 1.82) is 0 Å². The lowest BCUT2D eigenvalue weighted by Gasteiger charge is -2.15. The zero-order valence-corrected chi connectivity index (χ0v) is 15.2. The van der Waals surface area contributed by atoms with Crippen LogP contribution in [0.5, 0.6) is 23.0 Å². The maximum absolute atomic E-state index is 12.3. The fourth-order valence-electron chi connectivity index (χ4n) is 2.41. The van der Waals surface area contributed by atoms with E-state index in [0.29, 0.717) is 22.9 Å². The van der Waals surface area contributed by atoms with Gasteiger partial charge >= 0.3 is 0 Å². The lowest BCUT2D eigenvalue weighted by molar-refractivity contribution is -0.122. The van der Waals surface area contributed by atoms with E-state index in [-0.39, 0.29) is 5.91 Å². The number of para-hydroxylation sites is 1. The van der Waals surface area contributed by atoms with Gasteiger partial charge in [0.2, 0.25) is 0 Å². The Morgan fingerprint density at radius 2 is 1.44 bits per heavy atom. The van der Waals surface area contributed by atoms with Crippen molar-refractivity contribution in [2.75, 3.05) is 12.4 Å². The Morgan fingerprint density at radius 1 is 0.815 bits per heavy atom. The topological polar surface area (TPSA) is 56.8 Å². The molecular formula is C22H21NO4. The molecule has 0 aromatic heterocycles. The Labute approximate surface area is 158 Å². The summed E-state index contributed by atoms with van der Waals surface area (Å²) in [6.07, 6.45) is -0.655. The van der Waals surface area contributed by atoms with E-state index in [1.165, 1.54) is 0 Å². The minimum absolute atomic E-state index is 0.241. The van der Waals surface area contributed by atoms with Gasteiger partial charge in [-0.15, -0.1) is 0 Å². The molecule has 1 unspecified atom stereocenters. The van der Waals surface area contributed by atoms with Crippen LogP contribution in [0, 0.1) is 0 Å².